The van der Waals surface area contributed by atoms with Gasteiger partial charge >= 0.3 is 23.9 Å². The largest absolute Gasteiger partial charge is 0.481 e. The van der Waals surface area contributed by atoms with E-state index in [1.54, 1.807) is 0 Å². The Kier molecular flexibility index (Phi) is 17.3. The first-order valence-electron chi connectivity index (χ1n) is 25.3. The van der Waals surface area contributed by atoms with Crippen molar-refractivity contribution in [2.75, 3.05) is 0 Å². The Labute approximate surface area is 462 Å². The minimum atomic E-state index is -0.868. The van der Waals surface area contributed by atoms with Gasteiger partial charge in [-0.15, -0.1) is 24.8 Å². The van der Waals surface area contributed by atoms with Crippen LogP contribution < -0.4 is 0 Å². The van der Waals surface area contributed by atoms with Crippen molar-refractivity contribution < 1.29 is 39.6 Å². The number of nitrogens with one attached hydrogen (secondary N) is 4. The molecule has 6 aromatic rings. The van der Waals surface area contributed by atoms with Gasteiger partial charge in [-0.2, -0.15) is 0 Å². The number of carbonyl (C=O) groups is 4. The number of hydrogen-bond donors (Lipinski definition) is 8. The fourth-order valence-electron chi connectivity index (χ4n) is 10.2. The normalized spacial score (nSPS) is 12.8. The number of fused-ring (bicyclic) bond motifs is 16. The van der Waals surface area contributed by atoms with E-state index in [1.165, 1.54) is 0 Å². The maximum Gasteiger partial charge on any atom is 0.303 e. The summed E-state index contributed by atoms with van der Waals surface area (Å²) in [4.78, 5) is 79.0. The molecule has 404 valence electrons. The van der Waals surface area contributed by atoms with Crippen LogP contribution in [-0.4, -0.2) is 84.2 Å². The fraction of sp³-hybridized carbons (Fsp3) is 0.267. The molecule has 0 saturated carbocycles. The number of nitrogens with zero attached hydrogens (tertiary/aromatic N) is 4. The molecule has 0 aromatic carbocycles. The van der Waals surface area contributed by atoms with Gasteiger partial charge in [0.1, 0.15) is 0 Å². The maximum absolute atomic E-state index is 11.4. The Morgan fingerprint density at radius 1 is 0.385 bits per heavy atom. The van der Waals surface area contributed by atoms with Crippen molar-refractivity contribution in [1.29, 1.82) is 0 Å². The van der Waals surface area contributed by atoms with Crippen molar-refractivity contribution in [1.82, 2.24) is 39.9 Å². The minimum absolute atomic E-state index is 0. The molecule has 18 heteroatoms. The van der Waals surface area contributed by atoms with Crippen LogP contribution in [0.5, 0.6) is 0 Å². The zero-order chi connectivity index (χ0) is 54.3. The number of allylic oxidation sites excluding steroid dienone is 6. The molecular weight excluding hydrogens is 1030 g/mol. The van der Waals surface area contributed by atoms with Crippen molar-refractivity contribution in [2.45, 2.75) is 107 Å². The van der Waals surface area contributed by atoms with Crippen molar-refractivity contribution in [3.63, 3.8) is 0 Å². The summed E-state index contributed by atoms with van der Waals surface area (Å²) in [6.07, 6.45) is 5.49. The SMILES string of the molecule is CC1=Cc2cc3[nH]c(cc4nc(cc5[nH]c(cc1n2)c(C)c5CCC(=O)O)C(CCC(=O)O)=C4C)cc3C.CC1=Cc2cc3[nH]c(cc4nc(cc5[nH]c(cc1n2)c(C)c5CCC(=O)O)C(CCC(=O)O)=C4C)cc3C.Cl.Cl. The van der Waals surface area contributed by atoms with Crippen LogP contribution >= 0.6 is 24.8 Å². The number of aliphatic carboxylic acids is 4. The monoisotopic (exact) mass is 1090 g/mol. The molecule has 10 heterocycles. The average Bonchev–Trinajstić information content (AvgIpc) is 4.24. The molecule has 78 heavy (non-hydrogen) atoms. The van der Waals surface area contributed by atoms with Crippen molar-refractivity contribution in [3.05, 3.63) is 140 Å². The molecular formula is C60H62Cl2N8O8. The molecule has 16 nitrogen and oxygen atoms in total. The molecule has 0 fully saturated rings. The number of aromatic amines is 4. The highest BCUT2D eigenvalue weighted by Gasteiger charge is 2.22. The number of aryl methyl sites for hydroxylation is 6. The third-order valence-corrected chi connectivity index (χ3v) is 14.5. The number of H-pyrrole nitrogens is 4. The van der Waals surface area contributed by atoms with Crippen LogP contribution in [0.4, 0.5) is 0 Å². The predicted molar refractivity (Wildman–Crippen MR) is 313 cm³/mol. The van der Waals surface area contributed by atoms with Crippen molar-refractivity contribution >= 4 is 138 Å². The van der Waals surface area contributed by atoms with E-state index in [2.05, 4.69) is 32.1 Å². The zero-order valence-corrected chi connectivity index (χ0v) is 46.2. The predicted octanol–water partition coefficient (Wildman–Crippen LogP) is 13.5. The van der Waals surface area contributed by atoms with Crippen LogP contribution in [0.3, 0.4) is 0 Å². The van der Waals surface area contributed by atoms with Gasteiger partial charge in [-0.3, -0.25) is 19.2 Å². The van der Waals surface area contributed by atoms with E-state index in [1.807, 2.05) is 116 Å². The van der Waals surface area contributed by atoms with Gasteiger partial charge in [0, 0.05) is 69.8 Å². The third-order valence-electron chi connectivity index (χ3n) is 14.5. The molecule has 0 unspecified atom stereocenters. The first kappa shape index (κ1) is 57.4. The fourth-order valence-corrected chi connectivity index (χ4v) is 10.2. The van der Waals surface area contributed by atoms with Gasteiger partial charge in [-0.25, -0.2) is 19.9 Å². The van der Waals surface area contributed by atoms with Gasteiger partial charge in [0.15, 0.2) is 0 Å². The number of halogens is 2. The van der Waals surface area contributed by atoms with Gasteiger partial charge in [0.25, 0.3) is 0 Å². The number of rotatable bonds is 12. The Hall–Kier alpha value is -8.34. The van der Waals surface area contributed by atoms with E-state index in [-0.39, 0.29) is 50.5 Å². The lowest BCUT2D eigenvalue weighted by Gasteiger charge is -2.03. The smallest absolute Gasteiger partial charge is 0.303 e. The molecule has 10 rings (SSSR count). The highest BCUT2D eigenvalue weighted by molar-refractivity contribution is 5.96. The highest BCUT2D eigenvalue weighted by Crippen LogP contribution is 2.37. The third kappa shape index (κ3) is 12.4. The quantitative estimate of drug-likeness (QED) is 0.0569. The van der Waals surface area contributed by atoms with E-state index in [0.717, 1.165) is 145 Å². The summed E-state index contributed by atoms with van der Waals surface area (Å²) >= 11 is 0. The Morgan fingerprint density at radius 2 is 0.731 bits per heavy atom. The molecule has 8 N–H and O–H groups in total. The Balaban J connectivity index is 0.000000220. The number of aromatic nitrogens is 8. The summed E-state index contributed by atoms with van der Waals surface area (Å²) in [6.45, 7) is 16.0. The molecule has 0 amide bonds. The second-order valence-corrected chi connectivity index (χ2v) is 20.0. The standard InChI is InChI=1S/2C30H30N4O4.2ClH/c2*1-15-9-20-12-25-17(3)21(5-7-29(35)36)27(33-25)14-28-22(6-8-30(37)38)18(4)26(34-28)13-24-16(2)10-19(32-24)11-23(15)31-20;;/h2*9-14,31,34H,5-8H2,1-4H3,(H,35,36)(H,37,38);2*1H. The lowest BCUT2D eigenvalue weighted by atomic mass is 10.0. The van der Waals surface area contributed by atoms with Crippen LogP contribution in [0.2, 0.25) is 0 Å². The average molecular weight is 1090 g/mol. The molecule has 0 radical (unpaired) electrons. The van der Waals surface area contributed by atoms with Gasteiger partial charge in [-0.1, -0.05) is 0 Å². The second-order valence-electron chi connectivity index (χ2n) is 20.0. The molecule has 0 saturated heterocycles. The summed E-state index contributed by atoms with van der Waals surface area (Å²) in [7, 11) is 0. The van der Waals surface area contributed by atoms with Gasteiger partial charge in [0.05, 0.1) is 45.6 Å². The Morgan fingerprint density at radius 3 is 1.09 bits per heavy atom. The van der Waals surface area contributed by atoms with Gasteiger partial charge in [0.2, 0.25) is 0 Å². The van der Waals surface area contributed by atoms with Gasteiger partial charge < -0.3 is 40.4 Å². The van der Waals surface area contributed by atoms with E-state index in [4.69, 9.17) is 19.9 Å². The summed E-state index contributed by atoms with van der Waals surface area (Å²) < 4.78 is 0. The molecule has 16 bridgehead atoms. The highest BCUT2D eigenvalue weighted by atomic mass is 35.5. The van der Waals surface area contributed by atoms with Crippen molar-refractivity contribution in [2.24, 2.45) is 0 Å². The number of hydrogen-bond acceptors (Lipinski definition) is 8. The van der Waals surface area contributed by atoms with Crippen LogP contribution in [0, 0.1) is 27.7 Å². The molecule has 6 aromatic heterocycles. The van der Waals surface area contributed by atoms with E-state index in [9.17, 15) is 39.6 Å². The van der Waals surface area contributed by atoms with Gasteiger partial charge in [-0.05, 0) is 221 Å². The van der Waals surface area contributed by atoms with Crippen LogP contribution in [0.1, 0.15) is 145 Å². The Bertz CT molecular complexity index is 3710. The van der Waals surface area contributed by atoms with E-state index < -0.39 is 23.9 Å². The summed E-state index contributed by atoms with van der Waals surface area (Å²) in [5.41, 5.74) is 24.8. The van der Waals surface area contributed by atoms with Crippen LogP contribution in [-0.2, 0) is 32.0 Å². The second kappa shape index (κ2) is 23.5. The van der Waals surface area contributed by atoms with E-state index >= 15 is 0 Å². The number of carboxylic acids is 4. The minimum Gasteiger partial charge on any atom is -0.481 e. The van der Waals surface area contributed by atoms with Crippen molar-refractivity contribution in [3.8, 4) is 0 Å². The first-order valence-corrected chi connectivity index (χ1v) is 25.3. The maximum atomic E-state index is 11.4. The molecule has 0 spiro atoms. The number of carboxylic acid groups (broad SMARTS) is 4. The molecule has 4 aliphatic heterocycles. The van der Waals surface area contributed by atoms with Crippen LogP contribution in [0.25, 0.3) is 89.7 Å². The summed E-state index contributed by atoms with van der Waals surface area (Å²) in [5.74, 6) is -3.47. The molecule has 4 aliphatic rings. The summed E-state index contributed by atoms with van der Waals surface area (Å²) in [5, 5.41) is 37.5. The summed E-state index contributed by atoms with van der Waals surface area (Å²) in [6, 6.07) is 20.0. The molecule has 0 aliphatic carbocycles. The van der Waals surface area contributed by atoms with E-state index in [0.29, 0.717) is 37.1 Å². The first-order chi connectivity index (χ1) is 36.2. The lowest BCUT2D eigenvalue weighted by Crippen LogP contribution is -1.98. The lowest BCUT2D eigenvalue weighted by molar-refractivity contribution is -0.138. The zero-order valence-electron chi connectivity index (χ0n) is 44.6. The van der Waals surface area contributed by atoms with Crippen LogP contribution in [0.15, 0.2) is 60.7 Å². The topological polar surface area (TPSA) is 264 Å². The molecule has 0 atom stereocenters.